The van der Waals surface area contributed by atoms with Gasteiger partial charge in [0.15, 0.2) is 0 Å². The van der Waals surface area contributed by atoms with Crippen LogP contribution in [-0.4, -0.2) is 13.1 Å². The van der Waals surface area contributed by atoms with Crippen molar-refractivity contribution in [3.63, 3.8) is 0 Å². The third-order valence-electron chi connectivity index (χ3n) is 2.10. The molecule has 0 spiro atoms. The highest BCUT2D eigenvalue weighted by Crippen LogP contribution is 2.03. The predicted molar refractivity (Wildman–Crippen MR) is 58.0 cm³/mol. The maximum Gasteiger partial charge on any atom is 0.0991 e. The van der Waals surface area contributed by atoms with Crippen molar-refractivity contribution in [3.8, 4) is 6.07 Å². The highest BCUT2D eigenvalue weighted by Gasteiger charge is 1.93. The van der Waals surface area contributed by atoms with E-state index in [1.165, 1.54) is 12.0 Å². The zero-order chi connectivity index (χ0) is 10.2. The first-order valence-electron chi connectivity index (χ1n) is 5.06. The predicted octanol–water partition coefficient (Wildman–Crippen LogP) is 2.10. The van der Waals surface area contributed by atoms with Gasteiger partial charge in [-0.1, -0.05) is 19.1 Å². The molecule has 0 heterocycles. The molecule has 0 unspecified atom stereocenters. The molecule has 0 saturated carbocycles. The zero-order valence-corrected chi connectivity index (χ0v) is 8.59. The fourth-order valence-electron chi connectivity index (χ4n) is 1.28. The average molecular weight is 188 g/mol. The van der Waals surface area contributed by atoms with E-state index in [0.717, 1.165) is 25.1 Å². The molecule has 0 radical (unpaired) electrons. The van der Waals surface area contributed by atoms with E-state index in [1.807, 2.05) is 24.3 Å². The van der Waals surface area contributed by atoms with Crippen molar-refractivity contribution >= 4 is 0 Å². The van der Waals surface area contributed by atoms with E-state index >= 15 is 0 Å². The van der Waals surface area contributed by atoms with Crippen LogP contribution in [0.4, 0.5) is 0 Å². The fraction of sp³-hybridized carbons (Fsp3) is 0.417. The average Bonchev–Trinajstić information content (AvgIpc) is 2.25. The van der Waals surface area contributed by atoms with Crippen LogP contribution in [0.15, 0.2) is 24.3 Å². The van der Waals surface area contributed by atoms with E-state index in [0.29, 0.717) is 0 Å². The smallest absolute Gasteiger partial charge is 0.0991 e. The number of rotatable bonds is 5. The molecule has 0 aliphatic rings. The quantitative estimate of drug-likeness (QED) is 0.718. The normalized spacial score (nSPS) is 9.71. The van der Waals surface area contributed by atoms with E-state index in [9.17, 15) is 0 Å². The van der Waals surface area contributed by atoms with E-state index in [-0.39, 0.29) is 0 Å². The maximum atomic E-state index is 8.61. The number of nitriles is 1. The first-order chi connectivity index (χ1) is 6.86. The molecule has 0 amide bonds. The molecule has 0 aliphatic carbocycles. The SMILES string of the molecule is CCCNCCc1ccc(C#N)cc1. The van der Waals surface area contributed by atoms with Gasteiger partial charge in [0.25, 0.3) is 0 Å². The number of benzene rings is 1. The molecule has 14 heavy (non-hydrogen) atoms. The third-order valence-corrected chi connectivity index (χ3v) is 2.10. The summed E-state index contributed by atoms with van der Waals surface area (Å²) in [5.74, 6) is 0. The number of nitrogens with zero attached hydrogens (tertiary/aromatic N) is 1. The Hall–Kier alpha value is -1.33. The molecule has 1 aromatic carbocycles. The van der Waals surface area contributed by atoms with Crippen LogP contribution in [0.1, 0.15) is 24.5 Å². The summed E-state index contributed by atoms with van der Waals surface area (Å²) in [4.78, 5) is 0. The van der Waals surface area contributed by atoms with Crippen molar-refractivity contribution in [2.24, 2.45) is 0 Å². The van der Waals surface area contributed by atoms with Crippen LogP contribution in [-0.2, 0) is 6.42 Å². The minimum atomic E-state index is 0.732. The minimum Gasteiger partial charge on any atom is -0.316 e. The minimum absolute atomic E-state index is 0.732. The lowest BCUT2D eigenvalue weighted by Crippen LogP contribution is -2.17. The van der Waals surface area contributed by atoms with Crippen LogP contribution in [0.5, 0.6) is 0 Å². The lowest BCUT2D eigenvalue weighted by Gasteiger charge is -2.02. The molecule has 1 N–H and O–H groups in total. The monoisotopic (exact) mass is 188 g/mol. The highest BCUT2D eigenvalue weighted by atomic mass is 14.8. The molecule has 0 aromatic heterocycles. The van der Waals surface area contributed by atoms with Crippen molar-refractivity contribution in [1.29, 1.82) is 5.26 Å². The van der Waals surface area contributed by atoms with Crippen molar-refractivity contribution in [3.05, 3.63) is 35.4 Å². The fourth-order valence-corrected chi connectivity index (χ4v) is 1.28. The Morgan fingerprint density at radius 2 is 1.93 bits per heavy atom. The summed E-state index contributed by atoms with van der Waals surface area (Å²) in [5.41, 5.74) is 2.02. The van der Waals surface area contributed by atoms with Crippen molar-refractivity contribution in [2.75, 3.05) is 13.1 Å². The molecule has 0 saturated heterocycles. The van der Waals surface area contributed by atoms with E-state index < -0.39 is 0 Å². The van der Waals surface area contributed by atoms with E-state index in [1.54, 1.807) is 0 Å². The summed E-state index contributed by atoms with van der Waals surface area (Å²) in [7, 11) is 0. The molecule has 0 bridgehead atoms. The van der Waals surface area contributed by atoms with Crippen LogP contribution in [0, 0.1) is 11.3 Å². The summed E-state index contributed by atoms with van der Waals surface area (Å²) < 4.78 is 0. The molecule has 74 valence electrons. The second-order valence-corrected chi connectivity index (χ2v) is 3.31. The molecule has 0 atom stereocenters. The standard InChI is InChI=1S/C12H16N2/c1-2-8-14-9-7-11-3-5-12(10-13)6-4-11/h3-6,14H,2,7-9H2,1H3. The van der Waals surface area contributed by atoms with Gasteiger partial charge in [-0.05, 0) is 43.6 Å². The second-order valence-electron chi connectivity index (χ2n) is 3.31. The molecule has 1 aromatic rings. The van der Waals surface area contributed by atoms with Crippen molar-refractivity contribution in [2.45, 2.75) is 19.8 Å². The Morgan fingerprint density at radius 3 is 2.50 bits per heavy atom. The Kier molecular flexibility index (Phi) is 4.74. The van der Waals surface area contributed by atoms with Crippen LogP contribution in [0.25, 0.3) is 0 Å². The van der Waals surface area contributed by atoms with Crippen LogP contribution in [0.2, 0.25) is 0 Å². The Morgan fingerprint density at radius 1 is 1.21 bits per heavy atom. The van der Waals surface area contributed by atoms with E-state index in [2.05, 4.69) is 18.3 Å². The number of hydrogen-bond donors (Lipinski definition) is 1. The largest absolute Gasteiger partial charge is 0.316 e. The topological polar surface area (TPSA) is 35.8 Å². The summed E-state index contributed by atoms with van der Waals surface area (Å²) >= 11 is 0. The molecular formula is C12H16N2. The summed E-state index contributed by atoms with van der Waals surface area (Å²) in [6, 6.07) is 9.90. The highest BCUT2D eigenvalue weighted by molar-refractivity contribution is 5.31. The molecule has 2 nitrogen and oxygen atoms in total. The van der Waals surface area contributed by atoms with Gasteiger partial charge in [-0.2, -0.15) is 5.26 Å². The summed E-state index contributed by atoms with van der Waals surface area (Å²) in [6.45, 7) is 4.25. The Balaban J connectivity index is 2.33. The van der Waals surface area contributed by atoms with Crippen LogP contribution < -0.4 is 5.32 Å². The molecular weight excluding hydrogens is 172 g/mol. The van der Waals surface area contributed by atoms with E-state index in [4.69, 9.17) is 5.26 Å². The van der Waals surface area contributed by atoms with Crippen molar-refractivity contribution in [1.82, 2.24) is 5.32 Å². The van der Waals surface area contributed by atoms with Gasteiger partial charge in [-0.15, -0.1) is 0 Å². The van der Waals surface area contributed by atoms with Gasteiger partial charge < -0.3 is 5.32 Å². The lowest BCUT2D eigenvalue weighted by molar-refractivity contribution is 0.671. The van der Waals surface area contributed by atoms with Crippen LogP contribution >= 0.6 is 0 Å². The van der Waals surface area contributed by atoms with Gasteiger partial charge in [0.2, 0.25) is 0 Å². The van der Waals surface area contributed by atoms with Gasteiger partial charge in [0.1, 0.15) is 0 Å². The third kappa shape index (κ3) is 3.59. The first-order valence-corrected chi connectivity index (χ1v) is 5.06. The van der Waals surface area contributed by atoms with Crippen molar-refractivity contribution < 1.29 is 0 Å². The Labute approximate surface area is 85.6 Å². The zero-order valence-electron chi connectivity index (χ0n) is 8.59. The molecule has 1 rings (SSSR count). The van der Waals surface area contributed by atoms with Gasteiger partial charge in [-0.25, -0.2) is 0 Å². The second kappa shape index (κ2) is 6.17. The number of nitrogens with one attached hydrogen (secondary N) is 1. The maximum absolute atomic E-state index is 8.61. The number of hydrogen-bond acceptors (Lipinski definition) is 2. The summed E-state index contributed by atoms with van der Waals surface area (Å²) in [5, 5.41) is 12.0. The van der Waals surface area contributed by atoms with Crippen LogP contribution in [0.3, 0.4) is 0 Å². The first kappa shape index (κ1) is 10.7. The molecule has 2 heteroatoms. The van der Waals surface area contributed by atoms with Gasteiger partial charge in [0, 0.05) is 0 Å². The van der Waals surface area contributed by atoms with Gasteiger partial charge >= 0.3 is 0 Å². The molecule has 0 fully saturated rings. The summed E-state index contributed by atoms with van der Waals surface area (Å²) in [6.07, 6.45) is 2.21. The Bertz CT molecular complexity index is 295. The lowest BCUT2D eigenvalue weighted by atomic mass is 10.1. The van der Waals surface area contributed by atoms with Gasteiger partial charge in [-0.3, -0.25) is 0 Å². The molecule has 0 aliphatic heterocycles. The van der Waals surface area contributed by atoms with Gasteiger partial charge in [0.05, 0.1) is 11.6 Å².